The fourth-order valence-electron chi connectivity index (χ4n) is 4.07. The fraction of sp³-hybridized carbons (Fsp3) is 0.276. The van der Waals surface area contributed by atoms with Gasteiger partial charge >= 0.3 is 6.18 Å². The van der Waals surface area contributed by atoms with Crippen molar-refractivity contribution < 1.29 is 40.3 Å². The van der Waals surface area contributed by atoms with E-state index in [0.29, 0.717) is 24.4 Å². The minimum absolute atomic E-state index is 0.132. The Bertz CT molecular complexity index is 1570. The van der Waals surface area contributed by atoms with Crippen LogP contribution in [0, 0.1) is 24.4 Å². The molecule has 1 unspecified atom stereocenters. The first-order valence-electron chi connectivity index (χ1n) is 13.0. The van der Waals surface area contributed by atoms with E-state index < -0.39 is 59.4 Å². The highest BCUT2D eigenvalue weighted by Crippen LogP contribution is 2.31. The summed E-state index contributed by atoms with van der Waals surface area (Å²) in [6, 6.07) is 8.32. The second-order valence-corrected chi connectivity index (χ2v) is 8.74. The smallest absolute Gasteiger partial charge is 0.366 e. The van der Waals surface area contributed by atoms with Crippen LogP contribution in [0.15, 0.2) is 54.7 Å². The summed E-state index contributed by atoms with van der Waals surface area (Å²) in [4.78, 5) is 32.3. The molecule has 0 bridgehead atoms. The Balaban J connectivity index is 0.00000162. The third-order valence-electron chi connectivity index (χ3n) is 5.81. The van der Waals surface area contributed by atoms with Gasteiger partial charge in [-0.3, -0.25) is 19.0 Å². The number of hydrogen-bond acceptors (Lipinski definition) is 5. The molecule has 2 aromatic heterocycles. The number of rotatable bonds is 8. The van der Waals surface area contributed by atoms with Crippen LogP contribution in [-0.2, 0) is 23.9 Å². The van der Waals surface area contributed by atoms with Gasteiger partial charge in [0.25, 0.3) is 11.7 Å². The number of halogens is 7. The van der Waals surface area contributed by atoms with Crippen LogP contribution in [0.2, 0.25) is 0 Å². The summed E-state index contributed by atoms with van der Waals surface area (Å²) in [5.74, 6) is -6.02. The molecule has 0 saturated carbocycles. The molecular weight excluding hydrogens is 597 g/mol. The normalized spacial score (nSPS) is 11.4. The average Bonchev–Trinajstić information content (AvgIpc) is 3.35. The minimum atomic E-state index is -4.82. The van der Waals surface area contributed by atoms with Gasteiger partial charge < -0.3 is 11.1 Å². The van der Waals surface area contributed by atoms with Crippen molar-refractivity contribution in [1.82, 2.24) is 25.1 Å². The van der Waals surface area contributed by atoms with E-state index in [1.807, 2.05) is 13.8 Å². The van der Waals surface area contributed by atoms with Crippen LogP contribution in [0.25, 0.3) is 11.1 Å². The lowest BCUT2D eigenvalue weighted by atomic mass is 9.94. The molecule has 0 radical (unpaired) electrons. The zero-order valence-corrected chi connectivity index (χ0v) is 24.0. The second kappa shape index (κ2) is 15.6. The summed E-state index contributed by atoms with van der Waals surface area (Å²) in [6.07, 6.45) is -3.64. The maximum Gasteiger partial charge on any atom is 0.453 e. The van der Waals surface area contributed by atoms with Crippen LogP contribution in [0.1, 0.15) is 53.2 Å². The number of benzene rings is 2. The van der Waals surface area contributed by atoms with Gasteiger partial charge in [0.1, 0.15) is 29.8 Å². The topological polar surface area (TPSA) is 116 Å². The number of carbonyl (C=O) groups is 2. The SMILES string of the molecule is CC.CF.Cc1nc(C(F)(F)F)nn1CC(=O)NC(Cc1cc(F)cc(F)c1)c1ncccc1-c1ccc(F)c(C(N)=O)c1. The summed E-state index contributed by atoms with van der Waals surface area (Å²) in [5, 5.41) is 5.95. The Morgan fingerprint density at radius 1 is 1.00 bits per heavy atom. The molecule has 0 aliphatic rings. The van der Waals surface area contributed by atoms with Crippen molar-refractivity contribution in [2.75, 3.05) is 7.18 Å². The van der Waals surface area contributed by atoms with Crippen LogP contribution < -0.4 is 11.1 Å². The van der Waals surface area contributed by atoms with Gasteiger partial charge in [-0.2, -0.15) is 13.2 Å². The molecule has 0 spiro atoms. The highest BCUT2D eigenvalue weighted by Gasteiger charge is 2.37. The number of amides is 2. The van der Waals surface area contributed by atoms with Crippen LogP contribution >= 0.6 is 0 Å². The van der Waals surface area contributed by atoms with Crippen LogP contribution in [0.3, 0.4) is 0 Å². The van der Waals surface area contributed by atoms with E-state index in [4.69, 9.17) is 5.73 Å². The van der Waals surface area contributed by atoms with E-state index in [9.17, 15) is 40.3 Å². The lowest BCUT2D eigenvalue weighted by Gasteiger charge is -2.22. The number of aryl methyl sites for hydroxylation is 1. The van der Waals surface area contributed by atoms with Crippen molar-refractivity contribution in [3.63, 3.8) is 0 Å². The summed E-state index contributed by atoms with van der Waals surface area (Å²) in [5.41, 5.74) is 5.77. The standard InChI is InChI=1S/C26H20F6N6O2.C2H6.CH3F/c1-13-35-25(26(30,31)32)37-38(13)12-22(39)36-21(9-14-7-16(27)11-17(28)8-14)23-18(3-2-6-34-23)15-4-5-20(29)19(10-15)24(33)40;2*1-2/h2-8,10-11,21H,9,12H2,1H3,(H2,33,40)(H,36,39);1-2H3;1H3. The van der Waals surface area contributed by atoms with Gasteiger partial charge in [0.15, 0.2) is 0 Å². The van der Waals surface area contributed by atoms with Crippen molar-refractivity contribution in [2.24, 2.45) is 5.73 Å². The number of nitrogens with one attached hydrogen (secondary N) is 1. The third-order valence-corrected chi connectivity index (χ3v) is 5.81. The highest BCUT2D eigenvalue weighted by molar-refractivity contribution is 5.94. The summed E-state index contributed by atoms with van der Waals surface area (Å²) < 4.78 is 91.3. The summed E-state index contributed by atoms with van der Waals surface area (Å²) in [6.45, 7) is 4.58. The number of pyridine rings is 1. The van der Waals surface area contributed by atoms with Gasteiger partial charge in [-0.1, -0.05) is 26.0 Å². The molecule has 1 atom stereocenters. The number of primary amides is 1. The molecule has 4 aromatic rings. The fourth-order valence-corrected chi connectivity index (χ4v) is 4.07. The van der Waals surface area contributed by atoms with Gasteiger partial charge in [-0.15, -0.1) is 5.10 Å². The Morgan fingerprint density at radius 3 is 2.20 bits per heavy atom. The van der Waals surface area contributed by atoms with E-state index in [0.717, 1.165) is 22.9 Å². The number of alkyl halides is 4. The van der Waals surface area contributed by atoms with E-state index >= 15 is 0 Å². The van der Waals surface area contributed by atoms with Crippen LogP contribution in [-0.4, -0.2) is 38.7 Å². The van der Waals surface area contributed by atoms with Crippen LogP contribution in [0.4, 0.5) is 30.7 Å². The first-order valence-corrected chi connectivity index (χ1v) is 13.0. The monoisotopic (exact) mass is 626 g/mol. The molecule has 3 N–H and O–H groups in total. The molecule has 8 nitrogen and oxygen atoms in total. The van der Waals surface area contributed by atoms with Crippen molar-refractivity contribution in [3.05, 3.63) is 101 Å². The highest BCUT2D eigenvalue weighted by atomic mass is 19.4. The van der Waals surface area contributed by atoms with Gasteiger partial charge in [-0.05, 0) is 54.8 Å². The number of nitrogens with two attached hydrogens (primary N) is 1. The largest absolute Gasteiger partial charge is 0.453 e. The maximum absolute atomic E-state index is 14.1. The number of hydrogen-bond donors (Lipinski definition) is 2. The molecule has 15 heteroatoms. The van der Waals surface area contributed by atoms with Crippen molar-refractivity contribution in [2.45, 2.75) is 46.0 Å². The third kappa shape index (κ3) is 9.09. The molecule has 4 rings (SSSR count). The van der Waals surface area contributed by atoms with Gasteiger partial charge in [0.05, 0.1) is 24.5 Å². The first kappa shape index (κ1) is 35.4. The van der Waals surface area contributed by atoms with Crippen molar-refractivity contribution >= 4 is 11.8 Å². The Hall–Kier alpha value is -4.82. The predicted molar refractivity (Wildman–Crippen MR) is 147 cm³/mol. The van der Waals surface area contributed by atoms with Gasteiger partial charge in [0.2, 0.25) is 5.91 Å². The lowest BCUT2D eigenvalue weighted by molar-refractivity contribution is -0.145. The number of nitrogens with zero attached hydrogens (tertiary/aromatic N) is 4. The first-order chi connectivity index (χ1) is 20.8. The zero-order chi connectivity index (χ0) is 33.2. The molecular formula is C29H29F7N6O2. The zero-order valence-electron chi connectivity index (χ0n) is 24.0. The molecule has 2 heterocycles. The molecule has 2 aromatic carbocycles. The Kier molecular flexibility index (Phi) is 12.5. The van der Waals surface area contributed by atoms with E-state index in [1.54, 1.807) is 6.07 Å². The van der Waals surface area contributed by atoms with E-state index in [1.165, 1.54) is 31.3 Å². The average molecular weight is 627 g/mol. The molecule has 0 fully saturated rings. The minimum Gasteiger partial charge on any atom is -0.366 e. The Morgan fingerprint density at radius 2 is 1.64 bits per heavy atom. The second-order valence-electron chi connectivity index (χ2n) is 8.74. The van der Waals surface area contributed by atoms with Gasteiger partial charge in [-0.25, -0.2) is 22.8 Å². The van der Waals surface area contributed by atoms with Crippen molar-refractivity contribution in [1.29, 1.82) is 0 Å². The number of carbonyl (C=O) groups excluding carboxylic acids is 2. The predicted octanol–water partition coefficient (Wildman–Crippen LogP) is 5.90. The molecule has 0 aliphatic carbocycles. The van der Waals surface area contributed by atoms with Crippen molar-refractivity contribution in [3.8, 4) is 11.1 Å². The number of aromatic nitrogens is 4. The molecule has 44 heavy (non-hydrogen) atoms. The molecule has 0 saturated heterocycles. The lowest BCUT2D eigenvalue weighted by Crippen LogP contribution is -2.34. The van der Waals surface area contributed by atoms with Gasteiger partial charge in [0, 0.05) is 17.8 Å². The quantitative estimate of drug-likeness (QED) is 0.237. The maximum atomic E-state index is 14.1. The van der Waals surface area contributed by atoms with Crippen LogP contribution in [0.5, 0.6) is 0 Å². The van der Waals surface area contributed by atoms with E-state index in [-0.39, 0.29) is 23.5 Å². The Labute approximate surface area is 248 Å². The summed E-state index contributed by atoms with van der Waals surface area (Å²) >= 11 is 0. The molecule has 0 aliphatic heterocycles. The summed E-state index contributed by atoms with van der Waals surface area (Å²) in [7, 11) is 0.500. The molecule has 2 amide bonds. The van der Waals surface area contributed by atoms with E-state index in [2.05, 4.69) is 20.4 Å². The molecule has 236 valence electrons.